The van der Waals surface area contributed by atoms with Crippen molar-refractivity contribution in [1.29, 1.82) is 0 Å². The van der Waals surface area contributed by atoms with Crippen LogP contribution in [0.2, 0.25) is 0 Å². The van der Waals surface area contributed by atoms with Crippen molar-refractivity contribution < 1.29 is 9.13 Å². The Bertz CT molecular complexity index is 740. The third-order valence-corrected chi connectivity index (χ3v) is 3.04. The molecule has 0 N–H and O–H groups in total. The molecule has 1 heterocycles. The molecule has 19 heavy (non-hydrogen) atoms. The maximum Gasteiger partial charge on any atom is 0.128 e. The Balaban J connectivity index is 2.21. The minimum atomic E-state index is -0.300. The Morgan fingerprint density at radius 2 is 1.84 bits per heavy atom. The Morgan fingerprint density at radius 3 is 2.68 bits per heavy atom. The number of halogens is 1. The Labute approximate surface area is 110 Å². The maximum atomic E-state index is 13.4. The quantitative estimate of drug-likeness (QED) is 0.687. The molecule has 0 aliphatic carbocycles. The zero-order chi connectivity index (χ0) is 13.2. The molecular formula is C16H12FNO. The second kappa shape index (κ2) is 4.69. The van der Waals surface area contributed by atoms with Gasteiger partial charge in [0.2, 0.25) is 0 Å². The molecule has 0 spiro atoms. The fourth-order valence-electron chi connectivity index (χ4n) is 2.10. The van der Waals surface area contributed by atoms with Gasteiger partial charge >= 0.3 is 0 Å². The summed E-state index contributed by atoms with van der Waals surface area (Å²) in [6, 6.07) is 16.1. The number of rotatable bonds is 2. The van der Waals surface area contributed by atoms with Gasteiger partial charge in [-0.25, -0.2) is 9.37 Å². The molecule has 2 nitrogen and oxygen atoms in total. The van der Waals surface area contributed by atoms with E-state index < -0.39 is 0 Å². The van der Waals surface area contributed by atoms with E-state index in [0.717, 1.165) is 10.9 Å². The van der Waals surface area contributed by atoms with E-state index >= 15 is 0 Å². The van der Waals surface area contributed by atoms with E-state index in [1.165, 1.54) is 12.1 Å². The van der Waals surface area contributed by atoms with Crippen molar-refractivity contribution in [2.45, 2.75) is 0 Å². The number of ether oxygens (including phenoxy) is 1. The lowest BCUT2D eigenvalue weighted by molar-refractivity contribution is 0.415. The molecule has 0 aliphatic rings. The van der Waals surface area contributed by atoms with Crippen molar-refractivity contribution >= 4 is 10.9 Å². The van der Waals surface area contributed by atoms with Crippen molar-refractivity contribution in [3.8, 4) is 17.0 Å². The topological polar surface area (TPSA) is 22.1 Å². The smallest absolute Gasteiger partial charge is 0.128 e. The largest absolute Gasteiger partial charge is 0.496 e. The van der Waals surface area contributed by atoms with Crippen LogP contribution in [0, 0.1) is 5.82 Å². The summed E-state index contributed by atoms with van der Waals surface area (Å²) < 4.78 is 18.7. The number of nitrogens with zero attached hydrogens (tertiary/aromatic N) is 1. The molecule has 0 unspecified atom stereocenters. The zero-order valence-electron chi connectivity index (χ0n) is 10.4. The van der Waals surface area contributed by atoms with Crippen LogP contribution in [-0.2, 0) is 0 Å². The summed E-state index contributed by atoms with van der Waals surface area (Å²) in [6.07, 6.45) is 0. The number of methoxy groups -OCH3 is 1. The van der Waals surface area contributed by atoms with Crippen LogP contribution >= 0.6 is 0 Å². The van der Waals surface area contributed by atoms with Gasteiger partial charge in [-0.05, 0) is 30.3 Å². The van der Waals surface area contributed by atoms with Crippen molar-refractivity contribution in [1.82, 2.24) is 4.98 Å². The summed E-state index contributed by atoms with van der Waals surface area (Å²) in [6.45, 7) is 0. The highest BCUT2D eigenvalue weighted by Crippen LogP contribution is 2.30. The van der Waals surface area contributed by atoms with E-state index in [9.17, 15) is 4.39 Å². The van der Waals surface area contributed by atoms with Crippen LogP contribution in [-0.4, -0.2) is 12.1 Å². The summed E-state index contributed by atoms with van der Waals surface area (Å²) >= 11 is 0. The predicted molar refractivity (Wildman–Crippen MR) is 73.7 cm³/mol. The standard InChI is InChI=1S/C16H12FNO/c1-19-16-9-7-12(17)10-13(16)15-8-6-11-4-2-3-5-14(11)18-15/h2-10H,1H3. The molecule has 0 fully saturated rings. The third kappa shape index (κ3) is 2.15. The van der Waals surface area contributed by atoms with E-state index in [0.29, 0.717) is 17.0 Å². The molecule has 1 aromatic heterocycles. The Hall–Kier alpha value is -2.42. The summed E-state index contributed by atoms with van der Waals surface area (Å²) in [5.41, 5.74) is 2.25. The molecule has 3 aromatic rings. The number of pyridine rings is 1. The van der Waals surface area contributed by atoms with Crippen LogP contribution < -0.4 is 4.74 Å². The second-order valence-corrected chi connectivity index (χ2v) is 4.23. The second-order valence-electron chi connectivity index (χ2n) is 4.23. The van der Waals surface area contributed by atoms with Crippen LogP contribution in [0.15, 0.2) is 54.6 Å². The summed E-state index contributed by atoms with van der Waals surface area (Å²) in [5, 5.41) is 1.06. The van der Waals surface area contributed by atoms with Gasteiger partial charge in [0.05, 0.1) is 18.3 Å². The molecule has 94 valence electrons. The molecule has 3 heteroatoms. The highest BCUT2D eigenvalue weighted by molar-refractivity contribution is 5.82. The monoisotopic (exact) mass is 253 g/mol. The van der Waals surface area contributed by atoms with E-state index in [-0.39, 0.29) is 5.82 Å². The molecule has 0 saturated carbocycles. The van der Waals surface area contributed by atoms with E-state index in [1.807, 2.05) is 36.4 Å². The molecule has 0 aliphatic heterocycles. The average Bonchev–Trinajstić information content (AvgIpc) is 2.46. The normalized spacial score (nSPS) is 10.6. The predicted octanol–water partition coefficient (Wildman–Crippen LogP) is 4.05. The van der Waals surface area contributed by atoms with Crippen molar-refractivity contribution in [3.63, 3.8) is 0 Å². The van der Waals surface area contributed by atoms with Crippen molar-refractivity contribution in [2.75, 3.05) is 7.11 Å². The SMILES string of the molecule is COc1ccc(F)cc1-c1ccc2ccccc2n1. The van der Waals surface area contributed by atoms with E-state index in [4.69, 9.17) is 4.74 Å². The summed E-state index contributed by atoms with van der Waals surface area (Å²) in [5.74, 6) is 0.315. The third-order valence-electron chi connectivity index (χ3n) is 3.04. The van der Waals surface area contributed by atoms with Crippen LogP contribution in [0.25, 0.3) is 22.2 Å². The van der Waals surface area contributed by atoms with Crippen LogP contribution in [0.1, 0.15) is 0 Å². The first-order valence-electron chi connectivity index (χ1n) is 5.97. The summed E-state index contributed by atoms with van der Waals surface area (Å²) in [7, 11) is 1.57. The zero-order valence-corrected chi connectivity index (χ0v) is 10.4. The molecule has 3 rings (SSSR count). The summed E-state index contributed by atoms with van der Waals surface area (Å²) in [4.78, 5) is 4.55. The molecule has 0 saturated heterocycles. The van der Waals surface area contributed by atoms with Crippen LogP contribution in [0.4, 0.5) is 4.39 Å². The van der Waals surface area contributed by atoms with Gasteiger partial charge < -0.3 is 4.74 Å². The maximum absolute atomic E-state index is 13.4. The van der Waals surface area contributed by atoms with E-state index in [1.54, 1.807) is 13.2 Å². The Kier molecular flexibility index (Phi) is 2.88. The number of fused-ring (bicyclic) bond motifs is 1. The van der Waals surface area contributed by atoms with Crippen molar-refractivity contribution in [2.24, 2.45) is 0 Å². The van der Waals surface area contributed by atoms with Gasteiger partial charge in [-0.3, -0.25) is 0 Å². The van der Waals surface area contributed by atoms with Crippen LogP contribution in [0.3, 0.4) is 0 Å². The first-order chi connectivity index (χ1) is 9.28. The lowest BCUT2D eigenvalue weighted by Gasteiger charge is -2.08. The van der Waals surface area contributed by atoms with Gasteiger partial charge in [-0.1, -0.05) is 24.3 Å². The van der Waals surface area contributed by atoms with Gasteiger partial charge in [0, 0.05) is 10.9 Å². The van der Waals surface area contributed by atoms with Gasteiger partial charge in [0.15, 0.2) is 0 Å². The molecular weight excluding hydrogens is 241 g/mol. The fraction of sp³-hybridized carbons (Fsp3) is 0.0625. The number of aromatic nitrogens is 1. The van der Waals surface area contributed by atoms with Gasteiger partial charge in [0.1, 0.15) is 11.6 Å². The molecule has 0 atom stereocenters. The lowest BCUT2D eigenvalue weighted by Crippen LogP contribution is -1.91. The van der Waals surface area contributed by atoms with Gasteiger partial charge in [-0.15, -0.1) is 0 Å². The molecule has 0 bridgehead atoms. The highest BCUT2D eigenvalue weighted by atomic mass is 19.1. The van der Waals surface area contributed by atoms with Crippen LogP contribution in [0.5, 0.6) is 5.75 Å². The van der Waals surface area contributed by atoms with Gasteiger partial charge in [0.25, 0.3) is 0 Å². The number of benzene rings is 2. The minimum Gasteiger partial charge on any atom is -0.496 e. The van der Waals surface area contributed by atoms with E-state index in [2.05, 4.69) is 4.98 Å². The van der Waals surface area contributed by atoms with Gasteiger partial charge in [-0.2, -0.15) is 0 Å². The number of para-hydroxylation sites is 1. The molecule has 2 aromatic carbocycles. The fourth-order valence-corrected chi connectivity index (χ4v) is 2.10. The first kappa shape index (κ1) is 11.7. The molecule has 0 amide bonds. The minimum absolute atomic E-state index is 0.300. The highest BCUT2D eigenvalue weighted by Gasteiger charge is 2.09. The average molecular weight is 253 g/mol. The Morgan fingerprint density at radius 1 is 1.00 bits per heavy atom. The number of hydrogen-bond donors (Lipinski definition) is 0. The lowest BCUT2D eigenvalue weighted by atomic mass is 10.1. The molecule has 0 radical (unpaired) electrons. The first-order valence-corrected chi connectivity index (χ1v) is 5.97. The van der Waals surface area contributed by atoms with Crippen molar-refractivity contribution in [3.05, 3.63) is 60.4 Å². The number of hydrogen-bond acceptors (Lipinski definition) is 2.